The van der Waals surface area contributed by atoms with E-state index in [1.54, 1.807) is 0 Å². The Labute approximate surface area is 192 Å². The maximum absolute atomic E-state index is 13.8. The molecule has 1 spiro atoms. The number of carbonyl (C=O) groups excluding carboxylic acids is 1. The lowest BCUT2D eigenvalue weighted by molar-refractivity contribution is -0.123. The normalized spacial score (nSPS) is 24.1. The Morgan fingerprint density at radius 3 is 2.38 bits per heavy atom. The number of hydrazone groups is 1. The second-order valence-electron chi connectivity index (χ2n) is 8.62. The van der Waals surface area contributed by atoms with Gasteiger partial charge in [-0.2, -0.15) is 5.10 Å². The summed E-state index contributed by atoms with van der Waals surface area (Å²) in [7, 11) is 1.89. The summed E-state index contributed by atoms with van der Waals surface area (Å²) < 4.78 is 0. The van der Waals surface area contributed by atoms with Crippen molar-refractivity contribution in [2.45, 2.75) is 24.9 Å². The molecule has 2 heterocycles. The molecule has 0 aromatic heterocycles. The molecule has 0 saturated heterocycles. The van der Waals surface area contributed by atoms with Crippen LogP contribution in [0.4, 0.5) is 17.1 Å². The summed E-state index contributed by atoms with van der Waals surface area (Å²) in [6.45, 7) is 0. The van der Waals surface area contributed by atoms with Crippen molar-refractivity contribution in [3.05, 3.63) is 89.4 Å². The molecular weight excluding hydrogens is 420 g/mol. The highest BCUT2D eigenvalue weighted by Crippen LogP contribution is 2.54. The van der Waals surface area contributed by atoms with Gasteiger partial charge in [0.2, 0.25) is 5.91 Å². The van der Waals surface area contributed by atoms with E-state index in [0.29, 0.717) is 5.02 Å². The first-order chi connectivity index (χ1) is 15.6. The molecule has 1 amide bonds. The van der Waals surface area contributed by atoms with Gasteiger partial charge in [-0.15, -0.1) is 0 Å². The second kappa shape index (κ2) is 7.10. The maximum Gasteiger partial charge on any atom is 0.234 e. The fourth-order valence-electron chi connectivity index (χ4n) is 5.57. The largest absolute Gasteiger partial charge is 0.313 e. The highest BCUT2D eigenvalue weighted by molar-refractivity contribution is 6.30. The number of anilines is 3. The maximum atomic E-state index is 13.8. The average molecular weight is 443 g/mol. The molecule has 6 heteroatoms. The molecule has 0 N–H and O–H groups in total. The minimum Gasteiger partial charge on any atom is -0.313 e. The number of halogens is 1. The number of carbonyl (C=O) groups is 1. The predicted octanol–water partition coefficient (Wildman–Crippen LogP) is 5.50. The number of amides is 1. The van der Waals surface area contributed by atoms with Gasteiger partial charge in [-0.3, -0.25) is 9.69 Å². The van der Waals surface area contributed by atoms with Crippen molar-refractivity contribution in [3.8, 4) is 0 Å². The van der Waals surface area contributed by atoms with E-state index in [9.17, 15) is 4.79 Å². The van der Waals surface area contributed by atoms with Crippen molar-refractivity contribution in [1.29, 1.82) is 0 Å². The lowest BCUT2D eigenvalue weighted by Gasteiger charge is -2.44. The Bertz CT molecular complexity index is 1230. The van der Waals surface area contributed by atoms with Crippen LogP contribution >= 0.6 is 11.6 Å². The molecule has 3 aliphatic rings. The Balaban J connectivity index is 1.66. The SMILES string of the molecule is CN1C(=O)[C@H]2CCC[C@@]23N(c2ccccc2)N=C(c2ccc(Cl)cc2)N3c2ccccc21. The van der Waals surface area contributed by atoms with Crippen molar-refractivity contribution < 1.29 is 4.79 Å². The molecule has 0 bridgehead atoms. The molecular formula is C26H23ClN4O. The van der Waals surface area contributed by atoms with Crippen LogP contribution in [0.15, 0.2) is 84.0 Å². The lowest BCUT2D eigenvalue weighted by atomic mass is 9.91. The van der Waals surface area contributed by atoms with Gasteiger partial charge in [-0.05, 0) is 67.8 Å². The van der Waals surface area contributed by atoms with E-state index in [1.165, 1.54) is 0 Å². The number of hydrogen-bond donors (Lipinski definition) is 0. The number of benzene rings is 3. The zero-order valence-electron chi connectivity index (χ0n) is 17.8. The summed E-state index contributed by atoms with van der Waals surface area (Å²) in [5.74, 6) is 0.785. The van der Waals surface area contributed by atoms with E-state index in [0.717, 1.165) is 47.7 Å². The smallest absolute Gasteiger partial charge is 0.234 e. The van der Waals surface area contributed by atoms with Crippen LogP contribution in [0, 0.1) is 5.92 Å². The van der Waals surface area contributed by atoms with Crippen molar-refractivity contribution in [1.82, 2.24) is 0 Å². The van der Waals surface area contributed by atoms with E-state index < -0.39 is 5.66 Å². The Morgan fingerprint density at radius 2 is 1.62 bits per heavy atom. The standard InChI is InChI=1S/C26H23ClN4O/c1-29-22-11-5-6-12-23(22)30-24(18-13-15-19(27)16-14-18)28-31(20-8-3-2-4-9-20)26(30)17-7-10-21(26)25(29)32/h2-6,8-9,11-16,21H,7,10,17H2,1H3/t21-,26-/m1/s1. The van der Waals surface area contributed by atoms with Gasteiger partial charge in [0.05, 0.1) is 23.0 Å². The van der Waals surface area contributed by atoms with Gasteiger partial charge in [0.25, 0.3) is 0 Å². The fraction of sp³-hybridized carbons (Fsp3) is 0.231. The Hall–Kier alpha value is -3.31. The van der Waals surface area contributed by atoms with Crippen LogP contribution in [0.2, 0.25) is 5.02 Å². The van der Waals surface area contributed by atoms with Gasteiger partial charge < -0.3 is 4.90 Å². The number of hydrogen-bond acceptors (Lipinski definition) is 4. The molecule has 32 heavy (non-hydrogen) atoms. The zero-order chi connectivity index (χ0) is 21.9. The lowest BCUT2D eigenvalue weighted by Crippen LogP contribution is -2.60. The van der Waals surface area contributed by atoms with E-state index in [-0.39, 0.29) is 11.8 Å². The number of nitrogens with zero attached hydrogens (tertiary/aromatic N) is 4. The quantitative estimate of drug-likeness (QED) is 0.526. The molecule has 1 aliphatic carbocycles. The molecule has 3 aromatic rings. The van der Waals surface area contributed by atoms with Crippen LogP contribution in [0.3, 0.4) is 0 Å². The zero-order valence-corrected chi connectivity index (χ0v) is 18.5. The third kappa shape index (κ3) is 2.58. The molecule has 1 saturated carbocycles. The topological polar surface area (TPSA) is 39.2 Å². The summed E-state index contributed by atoms with van der Waals surface area (Å²) in [5, 5.41) is 7.98. The summed E-state index contributed by atoms with van der Waals surface area (Å²) in [6.07, 6.45) is 2.65. The Morgan fingerprint density at radius 1 is 0.938 bits per heavy atom. The molecule has 160 valence electrons. The summed E-state index contributed by atoms with van der Waals surface area (Å²) in [6, 6.07) is 26.1. The predicted molar refractivity (Wildman–Crippen MR) is 129 cm³/mol. The van der Waals surface area contributed by atoms with Crippen LogP contribution in [-0.4, -0.2) is 24.5 Å². The van der Waals surface area contributed by atoms with E-state index in [2.05, 4.69) is 28.1 Å². The molecule has 3 aromatic carbocycles. The highest BCUT2D eigenvalue weighted by Gasteiger charge is 2.62. The van der Waals surface area contributed by atoms with Crippen LogP contribution < -0.4 is 14.8 Å². The molecule has 5 nitrogen and oxygen atoms in total. The van der Waals surface area contributed by atoms with Gasteiger partial charge in [0.1, 0.15) is 0 Å². The van der Waals surface area contributed by atoms with Gasteiger partial charge >= 0.3 is 0 Å². The number of para-hydroxylation sites is 3. The van der Waals surface area contributed by atoms with E-state index in [1.807, 2.05) is 72.6 Å². The summed E-state index contributed by atoms with van der Waals surface area (Å²) in [5.41, 5.74) is 3.28. The van der Waals surface area contributed by atoms with Crippen LogP contribution in [0.5, 0.6) is 0 Å². The summed E-state index contributed by atoms with van der Waals surface area (Å²) >= 11 is 6.20. The third-order valence-corrected chi connectivity index (χ3v) is 7.22. The molecule has 0 radical (unpaired) electrons. The van der Waals surface area contributed by atoms with Crippen LogP contribution in [0.1, 0.15) is 24.8 Å². The molecule has 2 aliphatic heterocycles. The fourth-order valence-corrected chi connectivity index (χ4v) is 5.69. The molecule has 1 fully saturated rings. The van der Waals surface area contributed by atoms with E-state index in [4.69, 9.17) is 16.7 Å². The van der Waals surface area contributed by atoms with Crippen molar-refractivity contribution in [2.24, 2.45) is 11.0 Å². The van der Waals surface area contributed by atoms with Crippen molar-refractivity contribution >= 4 is 40.4 Å². The average Bonchev–Trinajstić information content (AvgIpc) is 3.40. The molecule has 6 rings (SSSR count). The molecule has 2 atom stereocenters. The van der Waals surface area contributed by atoms with Crippen molar-refractivity contribution in [3.63, 3.8) is 0 Å². The van der Waals surface area contributed by atoms with Gasteiger partial charge in [-0.25, -0.2) is 5.01 Å². The first kappa shape index (κ1) is 19.4. The summed E-state index contributed by atoms with van der Waals surface area (Å²) in [4.78, 5) is 17.9. The number of amidine groups is 1. The second-order valence-corrected chi connectivity index (χ2v) is 9.06. The van der Waals surface area contributed by atoms with Gasteiger partial charge in [-0.1, -0.05) is 41.9 Å². The number of fused-ring (bicyclic) bond motifs is 2. The minimum absolute atomic E-state index is 0.144. The monoisotopic (exact) mass is 442 g/mol. The first-order valence-electron chi connectivity index (χ1n) is 11.0. The minimum atomic E-state index is -0.589. The van der Waals surface area contributed by atoms with E-state index >= 15 is 0 Å². The van der Waals surface area contributed by atoms with Gasteiger partial charge in [0.15, 0.2) is 11.5 Å². The Kier molecular flexibility index (Phi) is 4.30. The highest BCUT2D eigenvalue weighted by atomic mass is 35.5. The first-order valence-corrected chi connectivity index (χ1v) is 11.4. The van der Waals surface area contributed by atoms with Crippen LogP contribution in [-0.2, 0) is 4.79 Å². The molecule has 0 unspecified atom stereocenters. The number of rotatable bonds is 2. The van der Waals surface area contributed by atoms with Crippen molar-refractivity contribution in [2.75, 3.05) is 21.9 Å². The van der Waals surface area contributed by atoms with Gasteiger partial charge in [0, 0.05) is 17.6 Å². The third-order valence-electron chi connectivity index (χ3n) is 6.97. The van der Waals surface area contributed by atoms with Crippen LogP contribution in [0.25, 0.3) is 0 Å².